The third kappa shape index (κ3) is 6.73. The third-order valence-corrected chi connectivity index (χ3v) is 7.29. The van der Waals surface area contributed by atoms with Crippen molar-refractivity contribution in [1.29, 1.82) is 0 Å². The molecule has 0 heterocycles. The number of halogens is 2. The van der Waals surface area contributed by atoms with E-state index < -0.39 is 7.29 Å². The maximum atomic E-state index is 13.7. The van der Waals surface area contributed by atoms with Gasteiger partial charge in [0.2, 0.25) is 0 Å². The quantitative estimate of drug-likeness (QED) is 0.365. The molecule has 1 unspecified atom stereocenters. The summed E-state index contributed by atoms with van der Waals surface area (Å²) in [5.41, 5.74) is 2.79. The summed E-state index contributed by atoms with van der Waals surface area (Å²) in [6.45, 7) is 0.534. The Morgan fingerprint density at radius 1 is 0.724 bits per heavy atom. The van der Waals surface area contributed by atoms with Crippen LogP contribution in [-0.2, 0) is 11.0 Å². The number of rotatable bonds is 8. The van der Waals surface area contributed by atoms with E-state index in [1.807, 2.05) is 91.0 Å². The highest BCUT2D eigenvalue weighted by atomic mass is 35.5. The van der Waals surface area contributed by atoms with Gasteiger partial charge in [0, 0.05) is 18.2 Å². The number of hydrogen-bond acceptors (Lipinski definition) is 1. The summed E-state index contributed by atoms with van der Waals surface area (Å²) in [6.07, 6.45) is 0.748. The summed E-state index contributed by atoms with van der Waals surface area (Å²) in [6, 6.07) is 29.0. The molecule has 0 aromatic heterocycles. The van der Waals surface area contributed by atoms with E-state index in [4.69, 9.17) is 23.2 Å². The zero-order valence-electron chi connectivity index (χ0n) is 15.8. The Labute approximate surface area is 182 Å². The van der Waals surface area contributed by atoms with Crippen molar-refractivity contribution in [2.45, 2.75) is 6.42 Å². The first kappa shape index (κ1) is 21.6. The van der Waals surface area contributed by atoms with E-state index >= 15 is 0 Å². The molecule has 1 atom stereocenters. The summed E-state index contributed by atoms with van der Waals surface area (Å²) < 4.78 is 13.7. The molecular weight excluding hydrogens is 420 g/mol. The van der Waals surface area contributed by atoms with Crippen molar-refractivity contribution in [2.75, 3.05) is 6.54 Å². The van der Waals surface area contributed by atoms with Crippen LogP contribution in [0.5, 0.6) is 0 Å². The average Bonchev–Trinajstić information content (AvgIpc) is 2.75. The molecule has 148 valence electrons. The van der Waals surface area contributed by atoms with Gasteiger partial charge in [0.05, 0.1) is 10.1 Å². The molecule has 0 aliphatic carbocycles. The van der Waals surface area contributed by atoms with Crippen LogP contribution < -0.4 is 5.09 Å². The van der Waals surface area contributed by atoms with E-state index in [2.05, 4.69) is 5.09 Å². The highest BCUT2D eigenvalue weighted by molar-refractivity contribution is 7.68. The van der Waals surface area contributed by atoms with Crippen LogP contribution in [0.1, 0.15) is 16.7 Å². The van der Waals surface area contributed by atoms with Crippen molar-refractivity contribution < 1.29 is 4.57 Å². The Balaban J connectivity index is 1.86. The van der Waals surface area contributed by atoms with Crippen LogP contribution in [-0.4, -0.2) is 6.54 Å². The predicted molar refractivity (Wildman–Crippen MR) is 126 cm³/mol. The largest absolute Gasteiger partial charge is 0.298 e. The second-order valence-electron chi connectivity index (χ2n) is 6.54. The highest BCUT2D eigenvalue weighted by Gasteiger charge is 2.18. The van der Waals surface area contributed by atoms with E-state index in [-0.39, 0.29) is 0 Å². The van der Waals surface area contributed by atoms with E-state index in [1.54, 1.807) is 11.6 Å². The summed E-state index contributed by atoms with van der Waals surface area (Å²) in [7, 11) is -3.14. The molecule has 0 aliphatic heterocycles. The third-order valence-electron chi connectivity index (χ3n) is 4.32. The fourth-order valence-electron chi connectivity index (χ4n) is 2.83. The van der Waals surface area contributed by atoms with Gasteiger partial charge in [0.1, 0.15) is 0 Å². The summed E-state index contributed by atoms with van der Waals surface area (Å²) in [5, 5.41) is 4.03. The second kappa shape index (κ2) is 10.6. The predicted octanol–water partition coefficient (Wildman–Crippen LogP) is 7.57. The lowest BCUT2D eigenvalue weighted by Gasteiger charge is -2.15. The Hall–Kier alpha value is -2.09. The van der Waals surface area contributed by atoms with Crippen LogP contribution in [0.15, 0.2) is 103 Å². The molecule has 0 radical (unpaired) electrons. The van der Waals surface area contributed by atoms with Crippen LogP contribution in [0.3, 0.4) is 0 Å². The van der Waals surface area contributed by atoms with Crippen LogP contribution in [0.25, 0.3) is 10.1 Å². The molecule has 2 nitrogen and oxygen atoms in total. The molecule has 0 amide bonds. The molecule has 3 aromatic carbocycles. The summed E-state index contributed by atoms with van der Waals surface area (Å²) >= 11 is 13.0. The Bertz CT molecular complexity index is 959. The van der Waals surface area contributed by atoms with E-state index in [0.717, 1.165) is 17.5 Å². The number of hydrogen-bond donors (Lipinski definition) is 1. The molecule has 3 aromatic rings. The van der Waals surface area contributed by atoms with Crippen molar-refractivity contribution in [2.24, 2.45) is 0 Å². The maximum Gasteiger partial charge on any atom is 0.193 e. The second-order valence-corrected chi connectivity index (χ2v) is 9.60. The van der Waals surface area contributed by atoms with Crippen LogP contribution in [0, 0.1) is 0 Å². The Morgan fingerprint density at radius 3 is 1.59 bits per heavy atom. The Morgan fingerprint density at radius 2 is 1.14 bits per heavy atom. The van der Waals surface area contributed by atoms with Crippen LogP contribution in [0.2, 0.25) is 0 Å². The smallest absolute Gasteiger partial charge is 0.193 e. The molecule has 3 rings (SSSR count). The lowest BCUT2D eigenvalue weighted by atomic mass is 10.2. The summed E-state index contributed by atoms with van der Waals surface area (Å²) in [4.78, 5) is 0. The fourth-order valence-corrected chi connectivity index (χ4v) is 5.64. The van der Waals surface area contributed by atoms with Crippen molar-refractivity contribution in [3.63, 3.8) is 0 Å². The zero-order valence-corrected chi connectivity index (χ0v) is 18.2. The molecule has 29 heavy (non-hydrogen) atoms. The fraction of sp³-hybridized carbons (Fsp3) is 0.0833. The van der Waals surface area contributed by atoms with Gasteiger partial charge in [0.15, 0.2) is 7.29 Å². The van der Waals surface area contributed by atoms with Gasteiger partial charge < -0.3 is 0 Å². The highest BCUT2D eigenvalue weighted by Crippen LogP contribution is 2.50. The number of benzene rings is 3. The SMILES string of the molecule is O=P(/C=C(\Cl)c1ccccc1)(/C=C(/Cl)c1ccccc1)NCCc1ccccc1. The molecule has 5 heteroatoms. The van der Waals surface area contributed by atoms with Gasteiger partial charge in [-0.05, 0) is 23.1 Å². The van der Waals surface area contributed by atoms with Gasteiger partial charge in [-0.15, -0.1) is 0 Å². The van der Waals surface area contributed by atoms with E-state index in [1.165, 1.54) is 5.56 Å². The van der Waals surface area contributed by atoms with Gasteiger partial charge in [0.25, 0.3) is 0 Å². The van der Waals surface area contributed by atoms with Crippen molar-refractivity contribution >= 4 is 40.6 Å². The minimum absolute atomic E-state index is 0.426. The Kier molecular flexibility index (Phi) is 7.91. The molecule has 1 N–H and O–H groups in total. The van der Waals surface area contributed by atoms with Crippen molar-refractivity contribution in [3.8, 4) is 0 Å². The lowest BCUT2D eigenvalue weighted by molar-refractivity contribution is 0.577. The summed E-state index contributed by atoms with van der Waals surface area (Å²) in [5.74, 6) is 3.17. The van der Waals surface area contributed by atoms with Gasteiger partial charge in [-0.3, -0.25) is 9.65 Å². The first-order chi connectivity index (χ1) is 14.1. The standard InChI is InChI=1S/C24H22Cl2NOP/c25-23(21-12-6-2-7-13-21)18-29(28,19-24(26)22-14-8-3-9-15-22)27-17-16-20-10-4-1-5-11-20/h1-15,18-19H,16-17H2,(H,27,28)/b23-18-,24-19+. The monoisotopic (exact) mass is 441 g/mol. The molecule has 0 fully saturated rings. The molecule has 0 bridgehead atoms. The molecule has 0 saturated heterocycles. The molecular formula is C24H22Cl2NOP. The minimum Gasteiger partial charge on any atom is -0.298 e. The van der Waals surface area contributed by atoms with Crippen molar-refractivity contribution in [1.82, 2.24) is 5.09 Å². The molecule has 0 spiro atoms. The van der Waals surface area contributed by atoms with Crippen molar-refractivity contribution in [3.05, 3.63) is 119 Å². The van der Waals surface area contributed by atoms with Crippen LogP contribution >= 0.6 is 30.5 Å². The molecule has 0 saturated carbocycles. The first-order valence-electron chi connectivity index (χ1n) is 9.32. The maximum absolute atomic E-state index is 13.7. The lowest BCUT2D eigenvalue weighted by Crippen LogP contribution is -2.12. The zero-order chi connectivity index (χ0) is 20.5. The van der Waals surface area contributed by atoms with Crippen LogP contribution in [0.4, 0.5) is 0 Å². The normalized spacial score (nSPS) is 14.4. The van der Waals surface area contributed by atoms with Gasteiger partial charge in [-0.2, -0.15) is 0 Å². The van der Waals surface area contributed by atoms with E-state index in [9.17, 15) is 4.57 Å². The van der Waals surface area contributed by atoms with Gasteiger partial charge >= 0.3 is 0 Å². The van der Waals surface area contributed by atoms with E-state index in [0.29, 0.717) is 16.6 Å². The average molecular weight is 442 g/mol. The van der Waals surface area contributed by atoms with Gasteiger partial charge in [-0.1, -0.05) is 114 Å². The molecule has 0 aliphatic rings. The first-order valence-corrected chi connectivity index (χ1v) is 11.9. The minimum atomic E-state index is -3.14. The number of nitrogens with one attached hydrogen (secondary N) is 1. The topological polar surface area (TPSA) is 29.1 Å². The van der Waals surface area contributed by atoms with Gasteiger partial charge in [-0.25, -0.2) is 0 Å².